The molecule has 3 N–H and O–H groups in total. The van der Waals surface area contributed by atoms with Gasteiger partial charge in [-0.1, -0.05) is 0 Å². The summed E-state index contributed by atoms with van der Waals surface area (Å²) in [5.41, 5.74) is 0. The summed E-state index contributed by atoms with van der Waals surface area (Å²) in [5, 5.41) is 9.48. The van der Waals surface area contributed by atoms with Gasteiger partial charge in [0.25, 0.3) is 0 Å². The molecule has 3 nitrogen and oxygen atoms in total. The summed E-state index contributed by atoms with van der Waals surface area (Å²) < 4.78 is 0. The monoisotopic (exact) mass is 178 g/mol. The number of hydrogen-bond acceptors (Lipinski definition) is 3. The van der Waals surface area contributed by atoms with Gasteiger partial charge in [0.05, 0.1) is 0 Å². The van der Waals surface area contributed by atoms with E-state index in [-0.39, 0.29) is 0 Å². The van der Waals surface area contributed by atoms with Gasteiger partial charge in [-0.25, -0.2) is 0 Å². The van der Waals surface area contributed by atoms with Crippen LogP contribution < -0.4 is 0 Å². The van der Waals surface area contributed by atoms with Crippen LogP contribution in [0.5, 0.6) is 0 Å². The summed E-state index contributed by atoms with van der Waals surface area (Å²) in [6.45, 7) is 0. The minimum absolute atomic E-state index is 0.470. The van der Waals surface area contributed by atoms with Crippen LogP contribution in [0.15, 0.2) is 0 Å². The molecule has 3 rings (SSSR count). The van der Waals surface area contributed by atoms with Gasteiger partial charge in [0, 0.05) is 0 Å². The molecule has 3 aliphatic rings. The second-order valence-electron chi connectivity index (χ2n) is 4.08. The minimum atomic E-state index is -3.56. The van der Waals surface area contributed by atoms with E-state index in [1.54, 1.807) is 0 Å². The Morgan fingerprint density at radius 1 is 1.09 bits per heavy atom. The number of fused-ring (bicyclic) bond motifs is 3. The Morgan fingerprint density at radius 2 is 1.64 bits per heavy atom. The zero-order valence-corrected chi connectivity index (χ0v) is 7.37. The van der Waals surface area contributed by atoms with Crippen LogP contribution in [0.1, 0.15) is 19.3 Å². The molecule has 0 amide bonds. The molecule has 0 radical (unpaired) electrons. The van der Waals surface area contributed by atoms with Gasteiger partial charge < -0.3 is 0 Å². The Hall–Kier alpha value is 0.310. The van der Waals surface area contributed by atoms with E-state index in [1.807, 2.05) is 0 Å². The average Bonchev–Trinajstić information content (AvgIpc) is 1.92. The Balaban J connectivity index is 2.31. The van der Waals surface area contributed by atoms with Crippen LogP contribution in [0.2, 0.25) is 0 Å². The first-order valence-electron chi connectivity index (χ1n) is 4.18. The normalized spacial score (nSPS) is 49.5. The molecule has 3 heterocycles. The zero-order valence-electron chi connectivity index (χ0n) is 6.48. The molecule has 11 heavy (non-hydrogen) atoms. The third kappa shape index (κ3) is 1.03. The van der Waals surface area contributed by atoms with Gasteiger partial charge in [-0.15, -0.1) is 0 Å². The van der Waals surface area contributed by atoms with Crippen molar-refractivity contribution in [2.75, 3.05) is 12.3 Å². The number of aliphatic hydroxyl groups excluding tert-OH is 1. The number of rotatable bonds is 0. The van der Waals surface area contributed by atoms with Crippen molar-refractivity contribution >= 4 is 7.06 Å². The molecule has 1 unspecified atom stereocenters. The fourth-order valence-corrected chi connectivity index (χ4v) is 5.72. The summed E-state index contributed by atoms with van der Waals surface area (Å²) in [6, 6.07) is 0. The predicted molar refractivity (Wildman–Crippen MR) is 44.4 cm³/mol. The second-order valence-corrected chi connectivity index (χ2v) is 8.52. The first kappa shape index (κ1) is 7.93. The first-order valence-corrected chi connectivity index (χ1v) is 6.76. The van der Waals surface area contributed by atoms with Gasteiger partial charge in [-0.3, -0.25) is 0 Å². The van der Waals surface area contributed by atoms with E-state index < -0.39 is 12.9 Å². The number of hydrogen-bond donors (Lipinski definition) is 3. The topological polar surface area (TPSA) is 60.7 Å². The van der Waals surface area contributed by atoms with E-state index in [0.29, 0.717) is 24.7 Å². The van der Waals surface area contributed by atoms with Crippen LogP contribution in [0.4, 0.5) is 0 Å². The van der Waals surface area contributed by atoms with Crippen molar-refractivity contribution < 1.29 is 14.9 Å². The number of aliphatic hydroxyl groups is 1. The molecule has 0 aliphatic carbocycles. The van der Waals surface area contributed by atoms with Crippen molar-refractivity contribution in [3.8, 4) is 0 Å². The Morgan fingerprint density at radius 3 is 1.91 bits per heavy atom. The molecule has 0 saturated carbocycles. The second kappa shape index (κ2) is 1.97. The van der Waals surface area contributed by atoms with E-state index in [4.69, 9.17) is 0 Å². The quantitative estimate of drug-likeness (QED) is 0.473. The van der Waals surface area contributed by atoms with Crippen molar-refractivity contribution in [3.05, 3.63) is 0 Å². The molecular weight excluding hydrogens is 163 g/mol. The van der Waals surface area contributed by atoms with Crippen molar-refractivity contribution in [2.24, 2.45) is 5.92 Å². The molecule has 0 aromatic heterocycles. The fraction of sp³-hybridized carbons (Fsp3) is 1.00. The van der Waals surface area contributed by atoms with Crippen LogP contribution >= 0.6 is 7.06 Å². The van der Waals surface area contributed by atoms with Gasteiger partial charge in [-0.05, 0) is 0 Å². The maximum absolute atomic E-state index is 9.89. The molecule has 3 fully saturated rings. The fourth-order valence-electron chi connectivity index (χ4n) is 2.26. The van der Waals surface area contributed by atoms with Gasteiger partial charge in [-0.2, -0.15) is 0 Å². The zero-order chi connectivity index (χ0) is 8.14. The van der Waals surface area contributed by atoms with E-state index in [0.717, 1.165) is 12.8 Å². The van der Waals surface area contributed by atoms with Gasteiger partial charge in [0.2, 0.25) is 0 Å². The van der Waals surface area contributed by atoms with Crippen molar-refractivity contribution in [2.45, 2.75) is 25.1 Å². The molecule has 0 aromatic rings. The summed E-state index contributed by atoms with van der Waals surface area (Å²) in [6.07, 6.45) is 3.36. The van der Waals surface area contributed by atoms with Gasteiger partial charge in [0.15, 0.2) is 0 Å². The van der Waals surface area contributed by atoms with Crippen LogP contribution in [0, 0.1) is 5.92 Å². The molecular formula is C7H15O3P. The molecule has 66 valence electrons. The van der Waals surface area contributed by atoms with Crippen molar-refractivity contribution in [1.82, 2.24) is 0 Å². The van der Waals surface area contributed by atoms with Crippen molar-refractivity contribution in [1.29, 1.82) is 0 Å². The van der Waals surface area contributed by atoms with Crippen LogP contribution in [0.3, 0.4) is 0 Å². The Labute approximate surface area is 66.1 Å². The van der Waals surface area contributed by atoms with Crippen molar-refractivity contribution in [3.63, 3.8) is 0 Å². The molecule has 2 bridgehead atoms. The summed E-state index contributed by atoms with van der Waals surface area (Å²) >= 11 is 0. The van der Waals surface area contributed by atoms with Gasteiger partial charge in [0.1, 0.15) is 0 Å². The third-order valence-electron chi connectivity index (χ3n) is 3.28. The molecule has 3 aliphatic heterocycles. The first-order chi connectivity index (χ1) is 5.00. The average molecular weight is 178 g/mol. The molecule has 1 atom stereocenters. The van der Waals surface area contributed by atoms with Gasteiger partial charge >= 0.3 is 65.3 Å². The van der Waals surface area contributed by atoms with E-state index >= 15 is 0 Å². The molecule has 4 heteroatoms. The SMILES string of the molecule is OC1CC2CCP1(O)(O)CC2. The van der Waals surface area contributed by atoms with E-state index in [1.165, 1.54) is 0 Å². The van der Waals surface area contributed by atoms with Crippen LogP contribution in [-0.4, -0.2) is 33.1 Å². The molecule has 3 saturated heterocycles. The maximum atomic E-state index is 9.89. The Kier molecular flexibility index (Phi) is 1.42. The molecule has 0 spiro atoms. The van der Waals surface area contributed by atoms with Crippen LogP contribution in [0.25, 0.3) is 0 Å². The van der Waals surface area contributed by atoms with E-state index in [9.17, 15) is 14.9 Å². The third-order valence-corrected chi connectivity index (χ3v) is 7.33. The van der Waals surface area contributed by atoms with E-state index in [2.05, 4.69) is 0 Å². The standard InChI is InChI=1S/C7H15O3P/c8-7-5-6-1-3-11(7,9,10)4-2-6/h6-10H,1-5H2. The predicted octanol–water partition coefficient (Wildman–Crippen LogP) is 0.486. The summed E-state index contributed by atoms with van der Waals surface area (Å²) in [5.74, 6) is -0.248. The summed E-state index contributed by atoms with van der Waals surface area (Å²) in [7, 11) is -3.56. The van der Waals surface area contributed by atoms with Crippen LogP contribution in [-0.2, 0) is 0 Å². The Bertz CT molecular complexity index is 180. The molecule has 0 aromatic carbocycles. The summed E-state index contributed by atoms with van der Waals surface area (Å²) in [4.78, 5) is 19.8.